The third kappa shape index (κ3) is 7.51. The van der Waals surface area contributed by atoms with Crippen molar-refractivity contribution in [1.29, 1.82) is 0 Å². The predicted octanol–water partition coefficient (Wildman–Crippen LogP) is 3.34. The molecule has 0 unspecified atom stereocenters. The van der Waals surface area contributed by atoms with Crippen molar-refractivity contribution in [2.24, 2.45) is 0 Å². The van der Waals surface area contributed by atoms with Gasteiger partial charge in [-0.2, -0.15) is 0 Å². The summed E-state index contributed by atoms with van der Waals surface area (Å²) < 4.78 is 4.81. The molecule has 1 rings (SSSR count). The lowest BCUT2D eigenvalue weighted by atomic mass is 10.1. The smallest absolute Gasteiger partial charge is 0.328 e. The number of carbonyl (C=O) groups excluding carboxylic acids is 2. The summed E-state index contributed by atoms with van der Waals surface area (Å²) in [5.41, 5.74) is 0. The van der Waals surface area contributed by atoms with E-state index in [0.29, 0.717) is 19.4 Å². The Morgan fingerprint density at radius 3 is 2.25 bits per heavy atom. The number of unbranched alkanes of at least 4 members (excludes halogenated alkanes) is 8. The van der Waals surface area contributed by atoms with Gasteiger partial charge in [-0.1, -0.05) is 58.3 Å². The van der Waals surface area contributed by atoms with Gasteiger partial charge in [0.25, 0.3) is 0 Å². The van der Waals surface area contributed by atoms with Gasteiger partial charge in [0.15, 0.2) is 0 Å². The van der Waals surface area contributed by atoms with Gasteiger partial charge in [0.2, 0.25) is 5.91 Å². The first-order valence-electron chi connectivity index (χ1n) is 8.20. The first-order valence-corrected chi connectivity index (χ1v) is 8.20. The molecule has 1 N–H and O–H groups in total. The quantitative estimate of drug-likeness (QED) is 0.467. The summed E-state index contributed by atoms with van der Waals surface area (Å²) in [5.74, 6) is -0.303. The maximum absolute atomic E-state index is 11.6. The van der Waals surface area contributed by atoms with Crippen LogP contribution in [0.1, 0.15) is 77.6 Å². The van der Waals surface area contributed by atoms with E-state index in [1.54, 1.807) is 0 Å². The van der Waals surface area contributed by atoms with Crippen molar-refractivity contribution in [1.82, 2.24) is 5.32 Å². The summed E-state index contributed by atoms with van der Waals surface area (Å²) in [5, 5.41) is 2.74. The van der Waals surface area contributed by atoms with Gasteiger partial charge < -0.3 is 10.1 Å². The minimum absolute atomic E-state index is 0.0169. The van der Waals surface area contributed by atoms with Crippen molar-refractivity contribution in [3.05, 3.63) is 0 Å². The van der Waals surface area contributed by atoms with Gasteiger partial charge in [0.05, 0.1) is 6.61 Å². The molecule has 4 heteroatoms. The molecular formula is C16H29NO3. The first-order chi connectivity index (χ1) is 9.74. The Morgan fingerprint density at radius 1 is 1.10 bits per heavy atom. The Morgan fingerprint density at radius 2 is 1.70 bits per heavy atom. The highest BCUT2D eigenvalue weighted by molar-refractivity contribution is 5.85. The predicted molar refractivity (Wildman–Crippen MR) is 79.4 cm³/mol. The van der Waals surface area contributed by atoms with Crippen LogP contribution < -0.4 is 5.32 Å². The molecule has 0 aromatic heterocycles. The lowest BCUT2D eigenvalue weighted by Gasteiger charge is -2.08. The minimum Gasteiger partial charge on any atom is -0.464 e. The monoisotopic (exact) mass is 283 g/mol. The van der Waals surface area contributed by atoms with Crippen LogP contribution in [0.4, 0.5) is 0 Å². The normalized spacial score (nSPS) is 18.1. The van der Waals surface area contributed by atoms with Crippen LogP contribution in [-0.2, 0) is 14.3 Å². The van der Waals surface area contributed by atoms with Gasteiger partial charge in [-0.15, -0.1) is 0 Å². The van der Waals surface area contributed by atoms with Gasteiger partial charge in [0.1, 0.15) is 6.04 Å². The van der Waals surface area contributed by atoms with E-state index in [0.717, 1.165) is 12.8 Å². The molecule has 1 fully saturated rings. The van der Waals surface area contributed by atoms with E-state index < -0.39 is 6.04 Å². The van der Waals surface area contributed by atoms with Crippen molar-refractivity contribution < 1.29 is 14.3 Å². The molecular weight excluding hydrogens is 254 g/mol. The Kier molecular flexibility index (Phi) is 9.09. The molecule has 0 spiro atoms. The Balaban J connectivity index is 1.88. The van der Waals surface area contributed by atoms with Crippen LogP contribution >= 0.6 is 0 Å². The molecule has 1 aliphatic rings. The van der Waals surface area contributed by atoms with Crippen molar-refractivity contribution in [2.45, 2.75) is 83.6 Å². The molecule has 0 aliphatic carbocycles. The zero-order valence-corrected chi connectivity index (χ0v) is 12.8. The van der Waals surface area contributed by atoms with Gasteiger partial charge >= 0.3 is 5.97 Å². The molecule has 0 aromatic rings. The van der Waals surface area contributed by atoms with Crippen LogP contribution in [0, 0.1) is 0 Å². The van der Waals surface area contributed by atoms with Crippen molar-refractivity contribution in [3.8, 4) is 0 Å². The summed E-state index contributed by atoms with van der Waals surface area (Å²) >= 11 is 0. The average molecular weight is 283 g/mol. The number of ether oxygens (including phenoxy) is 1. The summed E-state index contributed by atoms with van der Waals surface area (Å²) in [6.07, 6.45) is 12.3. The third-order valence-electron chi connectivity index (χ3n) is 3.78. The summed E-state index contributed by atoms with van der Waals surface area (Å²) in [6.45, 7) is 2.66. The number of esters is 1. The van der Waals surface area contributed by atoms with Crippen LogP contribution in [-0.4, -0.2) is 24.5 Å². The topological polar surface area (TPSA) is 55.4 Å². The minimum atomic E-state index is -0.402. The molecule has 1 saturated heterocycles. The highest BCUT2D eigenvalue weighted by Crippen LogP contribution is 2.11. The molecule has 4 nitrogen and oxygen atoms in total. The van der Waals surface area contributed by atoms with Gasteiger partial charge in [0, 0.05) is 12.8 Å². The van der Waals surface area contributed by atoms with Crippen molar-refractivity contribution >= 4 is 11.9 Å². The fraction of sp³-hybridized carbons (Fsp3) is 0.875. The van der Waals surface area contributed by atoms with Crippen LogP contribution in [0.15, 0.2) is 0 Å². The molecule has 0 radical (unpaired) electrons. The number of amides is 1. The summed E-state index contributed by atoms with van der Waals surface area (Å²) in [4.78, 5) is 22.8. The van der Waals surface area contributed by atoms with Crippen LogP contribution in [0.2, 0.25) is 0 Å². The third-order valence-corrected chi connectivity index (χ3v) is 3.78. The Labute approximate surface area is 122 Å². The van der Waals surface area contributed by atoms with Crippen molar-refractivity contribution in [3.63, 3.8) is 0 Å². The van der Waals surface area contributed by atoms with Gasteiger partial charge in [-0.05, 0) is 6.42 Å². The number of hydrogen-bond donors (Lipinski definition) is 1. The second-order valence-corrected chi connectivity index (χ2v) is 5.65. The van der Waals surface area contributed by atoms with E-state index in [1.165, 1.54) is 44.9 Å². The van der Waals surface area contributed by atoms with E-state index in [2.05, 4.69) is 12.2 Å². The lowest BCUT2D eigenvalue weighted by Crippen LogP contribution is -2.37. The molecule has 1 atom stereocenters. The second kappa shape index (κ2) is 10.7. The molecule has 0 saturated carbocycles. The molecule has 0 bridgehead atoms. The van der Waals surface area contributed by atoms with E-state index in [1.807, 2.05) is 0 Å². The van der Waals surface area contributed by atoms with E-state index >= 15 is 0 Å². The SMILES string of the molecule is CCCCCCCCCCCC(=O)N[C@@H]1CCOC1=O. The molecule has 20 heavy (non-hydrogen) atoms. The molecule has 1 heterocycles. The number of rotatable bonds is 11. The maximum atomic E-state index is 11.6. The standard InChI is InChI=1S/C16H29NO3/c1-2-3-4-5-6-7-8-9-10-11-15(18)17-14-12-13-20-16(14)19/h14H,2-13H2,1H3,(H,17,18)/t14-/m1/s1. The van der Waals surface area contributed by atoms with Crippen LogP contribution in [0.5, 0.6) is 0 Å². The van der Waals surface area contributed by atoms with E-state index in [4.69, 9.17) is 4.74 Å². The van der Waals surface area contributed by atoms with Crippen LogP contribution in [0.3, 0.4) is 0 Å². The van der Waals surface area contributed by atoms with E-state index in [9.17, 15) is 9.59 Å². The zero-order valence-electron chi connectivity index (χ0n) is 12.8. The summed E-state index contributed by atoms with van der Waals surface area (Å²) in [6, 6.07) is -0.402. The number of nitrogens with one attached hydrogen (secondary N) is 1. The molecule has 1 aliphatic heterocycles. The molecule has 0 aromatic carbocycles. The number of cyclic esters (lactones) is 1. The first kappa shape index (κ1) is 17.0. The summed E-state index contributed by atoms with van der Waals surface area (Å²) in [7, 11) is 0. The van der Waals surface area contributed by atoms with Crippen molar-refractivity contribution in [2.75, 3.05) is 6.61 Å². The fourth-order valence-electron chi connectivity index (χ4n) is 2.49. The Hall–Kier alpha value is -1.06. The van der Waals surface area contributed by atoms with Crippen LogP contribution in [0.25, 0.3) is 0 Å². The van der Waals surface area contributed by atoms with E-state index in [-0.39, 0.29) is 11.9 Å². The number of hydrogen-bond acceptors (Lipinski definition) is 3. The Bertz CT molecular complexity index is 291. The molecule has 116 valence electrons. The zero-order chi connectivity index (χ0) is 14.6. The second-order valence-electron chi connectivity index (χ2n) is 5.65. The fourth-order valence-corrected chi connectivity index (χ4v) is 2.49. The highest BCUT2D eigenvalue weighted by atomic mass is 16.5. The maximum Gasteiger partial charge on any atom is 0.328 e. The lowest BCUT2D eigenvalue weighted by molar-refractivity contribution is -0.141. The van der Waals surface area contributed by atoms with Gasteiger partial charge in [-0.3, -0.25) is 4.79 Å². The number of carbonyl (C=O) groups is 2. The highest BCUT2D eigenvalue weighted by Gasteiger charge is 2.27. The molecule has 1 amide bonds. The van der Waals surface area contributed by atoms with Gasteiger partial charge in [-0.25, -0.2) is 4.79 Å². The average Bonchev–Trinajstić information content (AvgIpc) is 2.82. The largest absolute Gasteiger partial charge is 0.464 e.